The molecule has 0 spiro atoms. The van der Waals surface area contributed by atoms with Crippen LogP contribution in [0.4, 0.5) is 22.0 Å². The fraction of sp³-hybridized carbons (Fsp3) is 0.222. The number of carbonyl (C=O) groups excluding carboxylic acids is 1. The zero-order valence-corrected chi connectivity index (χ0v) is 27.7. The van der Waals surface area contributed by atoms with Crippen LogP contribution in [0.5, 0.6) is 0 Å². The van der Waals surface area contributed by atoms with Crippen molar-refractivity contribution >= 4 is 29.1 Å². The van der Waals surface area contributed by atoms with E-state index in [0.717, 1.165) is 11.1 Å². The molecule has 1 aromatic heterocycles. The molecule has 6 rings (SSSR count). The molecule has 260 valence electrons. The third kappa shape index (κ3) is 6.99. The normalized spacial score (nSPS) is 19.1. The van der Waals surface area contributed by atoms with Crippen molar-refractivity contribution in [3.63, 3.8) is 0 Å². The van der Waals surface area contributed by atoms with Crippen molar-refractivity contribution in [2.45, 2.75) is 45.1 Å². The summed E-state index contributed by atoms with van der Waals surface area (Å²) >= 11 is 12.5. The highest BCUT2D eigenvalue weighted by Crippen LogP contribution is 2.43. The van der Waals surface area contributed by atoms with Crippen LogP contribution in [0.25, 0.3) is 11.1 Å². The Morgan fingerprint density at radius 2 is 1.48 bits per heavy atom. The number of hydrogen-bond acceptors (Lipinski definition) is 5. The zero-order chi connectivity index (χ0) is 35.7. The van der Waals surface area contributed by atoms with Crippen molar-refractivity contribution in [1.29, 1.82) is 0 Å². The molecule has 5 aromatic rings. The standard InChI is InChI=1S/C36H28Cl2F5N3O4/c1-18-25(15-46-17-45-33(37)34(46)38)49-36(50-32(18)21-8-6-19(16-47)7-9-21)22-12-10-20(11-13-22)24-5-3-2-4-23(24)14-44-35(48)26-27(39)29(41)31(43)30(42)28(26)40/h2-13,17-18,25,32,36,47H,14-16H2,1H3,(H,44,48). The number of ether oxygens (including phenoxy) is 2. The van der Waals surface area contributed by atoms with E-state index in [4.69, 9.17) is 32.7 Å². The van der Waals surface area contributed by atoms with Crippen molar-refractivity contribution in [3.8, 4) is 11.1 Å². The molecule has 2 N–H and O–H groups in total. The van der Waals surface area contributed by atoms with E-state index in [2.05, 4.69) is 10.3 Å². The lowest BCUT2D eigenvalue weighted by molar-refractivity contribution is -0.276. The number of carbonyl (C=O) groups is 1. The summed E-state index contributed by atoms with van der Waals surface area (Å²) in [5, 5.41) is 12.2. The average Bonchev–Trinajstić information content (AvgIpc) is 3.45. The van der Waals surface area contributed by atoms with Gasteiger partial charge in [0.25, 0.3) is 5.91 Å². The van der Waals surface area contributed by atoms with E-state index in [0.29, 0.717) is 28.8 Å². The van der Waals surface area contributed by atoms with Gasteiger partial charge in [0.05, 0.1) is 31.7 Å². The summed E-state index contributed by atoms with van der Waals surface area (Å²) in [6.45, 7) is 1.97. The third-order valence-corrected chi connectivity index (χ3v) is 9.39. The SMILES string of the molecule is CC1C(Cn2cnc(Cl)c2Cl)OC(c2ccc(-c3ccccc3CNC(=O)c3c(F)c(F)c(F)c(F)c3F)cc2)OC1c1ccc(CO)cc1. The summed E-state index contributed by atoms with van der Waals surface area (Å²) in [4.78, 5) is 16.7. The molecule has 0 radical (unpaired) electrons. The van der Waals surface area contributed by atoms with Crippen LogP contribution < -0.4 is 5.32 Å². The summed E-state index contributed by atoms with van der Waals surface area (Å²) < 4.78 is 84.0. The zero-order valence-electron chi connectivity index (χ0n) is 26.1. The fourth-order valence-electron chi connectivity index (χ4n) is 5.84. The average molecular weight is 733 g/mol. The van der Waals surface area contributed by atoms with Crippen LogP contribution >= 0.6 is 23.2 Å². The second-order valence-corrected chi connectivity index (χ2v) is 12.4. The molecular weight excluding hydrogens is 704 g/mol. The number of benzene rings is 4. The van der Waals surface area contributed by atoms with Crippen molar-refractivity contribution in [1.82, 2.24) is 14.9 Å². The molecule has 1 fully saturated rings. The Bertz CT molecular complexity index is 2000. The lowest BCUT2D eigenvalue weighted by Crippen LogP contribution is -2.39. The fourth-order valence-corrected chi connectivity index (χ4v) is 6.15. The Labute approximate surface area is 293 Å². The number of hydrogen-bond donors (Lipinski definition) is 2. The van der Waals surface area contributed by atoms with E-state index in [1.165, 1.54) is 6.33 Å². The Morgan fingerprint density at radius 1 is 0.860 bits per heavy atom. The Kier molecular flexibility index (Phi) is 10.6. The van der Waals surface area contributed by atoms with Crippen molar-refractivity contribution < 1.29 is 41.3 Å². The molecule has 4 atom stereocenters. The van der Waals surface area contributed by atoms with Crippen molar-refractivity contribution in [2.24, 2.45) is 5.92 Å². The number of aromatic nitrogens is 2. The molecule has 1 aliphatic rings. The summed E-state index contributed by atoms with van der Waals surface area (Å²) in [6.07, 6.45) is -0.0538. The predicted molar refractivity (Wildman–Crippen MR) is 174 cm³/mol. The molecule has 0 aliphatic carbocycles. The van der Waals surface area contributed by atoms with Gasteiger partial charge < -0.3 is 24.5 Å². The molecule has 1 amide bonds. The first-order chi connectivity index (χ1) is 24.0. The predicted octanol–water partition coefficient (Wildman–Crippen LogP) is 8.47. The molecular formula is C36H28Cl2F5N3O4. The molecule has 7 nitrogen and oxygen atoms in total. The van der Waals surface area contributed by atoms with Gasteiger partial charge in [0, 0.05) is 18.0 Å². The molecule has 50 heavy (non-hydrogen) atoms. The first kappa shape index (κ1) is 35.5. The number of rotatable bonds is 9. The van der Waals surface area contributed by atoms with Crippen LogP contribution in [-0.4, -0.2) is 26.7 Å². The van der Waals surface area contributed by atoms with Crippen LogP contribution in [0, 0.1) is 35.0 Å². The van der Waals surface area contributed by atoms with Crippen LogP contribution in [-0.2, 0) is 29.2 Å². The number of amides is 1. The number of aliphatic hydroxyl groups is 1. The Morgan fingerprint density at radius 3 is 2.10 bits per heavy atom. The Balaban J connectivity index is 1.24. The number of aliphatic hydroxyl groups excluding tert-OH is 1. The minimum Gasteiger partial charge on any atom is -0.392 e. The van der Waals surface area contributed by atoms with Gasteiger partial charge in [-0.1, -0.05) is 103 Å². The number of nitrogens with zero attached hydrogens (tertiary/aromatic N) is 2. The number of imidazole rings is 1. The van der Waals surface area contributed by atoms with Gasteiger partial charge >= 0.3 is 0 Å². The van der Waals surface area contributed by atoms with E-state index < -0.39 is 53.0 Å². The molecule has 4 unspecified atom stereocenters. The highest BCUT2D eigenvalue weighted by Gasteiger charge is 2.39. The molecule has 4 aromatic carbocycles. The van der Waals surface area contributed by atoms with Crippen molar-refractivity contribution in [3.05, 3.63) is 146 Å². The third-order valence-electron chi connectivity index (χ3n) is 8.62. The van der Waals surface area contributed by atoms with E-state index in [9.17, 15) is 31.9 Å². The van der Waals surface area contributed by atoms with E-state index in [1.807, 2.05) is 43.3 Å². The minimum atomic E-state index is -2.35. The van der Waals surface area contributed by atoms with Gasteiger partial charge in [-0.25, -0.2) is 26.9 Å². The first-order valence-corrected chi connectivity index (χ1v) is 16.1. The van der Waals surface area contributed by atoms with Crippen LogP contribution in [0.2, 0.25) is 10.3 Å². The quantitative estimate of drug-likeness (QED) is 0.0903. The van der Waals surface area contributed by atoms with Gasteiger partial charge in [-0.2, -0.15) is 0 Å². The lowest BCUT2D eigenvalue weighted by atomic mass is 9.90. The summed E-state index contributed by atoms with van der Waals surface area (Å²) in [5.41, 5.74) is 2.63. The summed E-state index contributed by atoms with van der Waals surface area (Å²) in [5.74, 6) is -12.8. The maximum Gasteiger partial charge on any atom is 0.257 e. The highest BCUT2D eigenvalue weighted by atomic mass is 35.5. The van der Waals surface area contributed by atoms with Crippen LogP contribution in [0.1, 0.15) is 51.9 Å². The van der Waals surface area contributed by atoms with Crippen molar-refractivity contribution in [2.75, 3.05) is 0 Å². The minimum absolute atomic E-state index is 0.0945. The smallest absolute Gasteiger partial charge is 0.257 e. The van der Waals surface area contributed by atoms with Gasteiger partial charge in [0.2, 0.25) is 5.82 Å². The first-order valence-electron chi connectivity index (χ1n) is 15.3. The van der Waals surface area contributed by atoms with E-state index in [-0.39, 0.29) is 35.5 Å². The summed E-state index contributed by atoms with van der Waals surface area (Å²) in [7, 11) is 0. The number of nitrogens with one attached hydrogen (secondary N) is 1. The second-order valence-electron chi connectivity index (χ2n) is 11.7. The van der Waals surface area contributed by atoms with E-state index >= 15 is 0 Å². The van der Waals surface area contributed by atoms with Crippen LogP contribution in [0.3, 0.4) is 0 Å². The largest absolute Gasteiger partial charge is 0.392 e. The topological polar surface area (TPSA) is 85.6 Å². The van der Waals surface area contributed by atoms with E-state index in [1.54, 1.807) is 41.0 Å². The molecule has 2 heterocycles. The monoisotopic (exact) mass is 731 g/mol. The highest BCUT2D eigenvalue weighted by molar-refractivity contribution is 6.40. The molecule has 0 bridgehead atoms. The van der Waals surface area contributed by atoms with Gasteiger partial charge in [0.1, 0.15) is 10.7 Å². The maximum atomic E-state index is 14.2. The summed E-state index contributed by atoms with van der Waals surface area (Å²) in [6, 6.07) is 21.5. The molecule has 1 aliphatic heterocycles. The molecule has 0 saturated carbocycles. The number of halogens is 7. The Hall–Kier alpha value is -4.33. The van der Waals surface area contributed by atoms with Gasteiger partial charge in [-0.05, 0) is 27.8 Å². The lowest BCUT2D eigenvalue weighted by Gasteiger charge is -2.41. The molecule has 14 heteroatoms. The van der Waals surface area contributed by atoms with Crippen LogP contribution in [0.15, 0.2) is 79.1 Å². The molecule has 1 saturated heterocycles. The maximum absolute atomic E-state index is 14.2. The van der Waals surface area contributed by atoms with Gasteiger partial charge in [-0.3, -0.25) is 4.79 Å². The second kappa shape index (κ2) is 14.9. The van der Waals surface area contributed by atoms with Gasteiger partial charge in [0.15, 0.2) is 34.7 Å². The van der Waals surface area contributed by atoms with Gasteiger partial charge in [-0.15, -0.1) is 0 Å².